The van der Waals surface area contributed by atoms with Crippen molar-refractivity contribution in [2.24, 2.45) is 23.7 Å². The first-order valence-corrected chi connectivity index (χ1v) is 15.3. The van der Waals surface area contributed by atoms with Gasteiger partial charge in [0.1, 0.15) is 11.7 Å². The average Bonchev–Trinajstić information content (AvgIpc) is 3.48. The Balaban J connectivity index is 1.14. The highest BCUT2D eigenvalue weighted by atomic mass is 35.5. The van der Waals surface area contributed by atoms with Gasteiger partial charge in [-0.25, -0.2) is 19.6 Å². The first kappa shape index (κ1) is 30.5. The fourth-order valence-corrected chi connectivity index (χ4v) is 8.42. The average molecular weight is 616 g/mol. The summed E-state index contributed by atoms with van der Waals surface area (Å²) >= 11 is 7.83. The van der Waals surface area contributed by atoms with Crippen LogP contribution in [0, 0.1) is 23.7 Å². The van der Waals surface area contributed by atoms with Crippen LogP contribution < -0.4 is 32.1 Å². The van der Waals surface area contributed by atoms with E-state index in [2.05, 4.69) is 32.1 Å². The molecule has 0 saturated carbocycles. The van der Waals surface area contributed by atoms with Gasteiger partial charge >= 0.3 is 6.61 Å². The lowest BCUT2D eigenvalue weighted by Gasteiger charge is -2.45. The van der Waals surface area contributed by atoms with Crippen molar-refractivity contribution < 1.29 is 31.9 Å². The first-order chi connectivity index (χ1) is 19.1. The molecule has 10 nitrogen and oxygen atoms in total. The number of nitrogens with one attached hydrogen (secondary N) is 6. The molecule has 5 aliphatic heterocycles. The minimum Gasteiger partial charge on any atom is -0.339 e. The van der Waals surface area contributed by atoms with Gasteiger partial charge in [-0.15, -0.1) is 23.4 Å². The third kappa shape index (κ3) is 6.99. The monoisotopic (exact) mass is 615 g/mol. The van der Waals surface area contributed by atoms with E-state index in [0.29, 0.717) is 45.3 Å². The van der Waals surface area contributed by atoms with Gasteiger partial charge < -0.3 is 25.6 Å². The number of ether oxygens (including phenoxy) is 1. The molecule has 11 unspecified atom stereocenters. The van der Waals surface area contributed by atoms with E-state index in [4.69, 9.17) is 16.3 Å². The van der Waals surface area contributed by atoms with Gasteiger partial charge in [-0.2, -0.15) is 8.78 Å². The van der Waals surface area contributed by atoms with Gasteiger partial charge in [0.05, 0.1) is 17.5 Å². The number of piperidine rings is 2. The second kappa shape index (κ2) is 13.1. The highest BCUT2D eigenvalue weighted by molar-refractivity contribution is 8.00. The second-order valence-corrected chi connectivity index (χ2v) is 13.4. The number of nitrogens with zero attached hydrogens (tertiary/aromatic N) is 1. The van der Waals surface area contributed by atoms with E-state index in [9.17, 15) is 27.2 Å². The zero-order chi connectivity index (χ0) is 28.6. The van der Waals surface area contributed by atoms with Crippen LogP contribution in [-0.2, 0) is 14.3 Å². The first-order valence-electron chi connectivity index (χ1n) is 13.9. The number of hydrogen-bond acceptors (Lipinski definition) is 9. The van der Waals surface area contributed by atoms with Gasteiger partial charge in [0, 0.05) is 55.3 Å². The third-order valence-corrected chi connectivity index (χ3v) is 10.5. The van der Waals surface area contributed by atoms with Crippen molar-refractivity contribution in [1.82, 2.24) is 37.0 Å². The van der Waals surface area contributed by atoms with Crippen molar-refractivity contribution in [3.63, 3.8) is 0 Å². The van der Waals surface area contributed by atoms with Crippen LogP contribution in [0.3, 0.4) is 0 Å². The van der Waals surface area contributed by atoms with Crippen molar-refractivity contribution in [2.75, 3.05) is 26.2 Å². The summed E-state index contributed by atoms with van der Waals surface area (Å²) in [6.45, 7) is 0.574. The number of carbonyl (C=O) groups is 2. The van der Waals surface area contributed by atoms with Crippen molar-refractivity contribution in [1.29, 1.82) is 0 Å². The summed E-state index contributed by atoms with van der Waals surface area (Å²) in [5, 5.41) is 12.9. The molecule has 16 heteroatoms. The number of thioether (sulfide) groups is 1. The quantitative estimate of drug-likeness (QED) is 0.140. The summed E-state index contributed by atoms with van der Waals surface area (Å²) < 4.78 is 57.0. The molecular weight excluding hydrogens is 578 g/mol. The lowest BCUT2D eigenvalue weighted by atomic mass is 9.72. The smallest absolute Gasteiger partial charge is 0.339 e. The molecule has 5 aliphatic rings. The summed E-state index contributed by atoms with van der Waals surface area (Å²) in [5.41, 5.74) is 4.66. The summed E-state index contributed by atoms with van der Waals surface area (Å²) in [5.74, 6) is -2.06. The van der Waals surface area contributed by atoms with Gasteiger partial charge in [0.15, 0.2) is 0 Å². The van der Waals surface area contributed by atoms with Crippen LogP contribution in [0.2, 0.25) is 0 Å². The molecule has 0 aromatic rings. The molecule has 228 valence electrons. The molecule has 11 atom stereocenters. The maximum Gasteiger partial charge on any atom is 0.346 e. The summed E-state index contributed by atoms with van der Waals surface area (Å²) in [6, 6.07) is -0.347. The number of rotatable bonds is 7. The second-order valence-electron chi connectivity index (χ2n) is 11.5. The zero-order valence-corrected chi connectivity index (χ0v) is 23.7. The van der Waals surface area contributed by atoms with E-state index in [1.807, 2.05) is 6.92 Å². The van der Waals surface area contributed by atoms with Crippen LogP contribution in [0.5, 0.6) is 0 Å². The molecule has 5 fully saturated rings. The van der Waals surface area contributed by atoms with Crippen LogP contribution in [0.25, 0.3) is 0 Å². The predicted molar refractivity (Wildman–Crippen MR) is 141 cm³/mol. The molecule has 6 N–H and O–H groups in total. The Morgan fingerprint density at radius 3 is 2.52 bits per heavy atom. The van der Waals surface area contributed by atoms with Crippen LogP contribution in [0.4, 0.5) is 17.6 Å². The van der Waals surface area contributed by atoms with E-state index in [0.717, 1.165) is 0 Å². The van der Waals surface area contributed by atoms with Crippen LogP contribution >= 0.6 is 23.4 Å². The number of hydrogen-bond donors (Lipinski definition) is 6. The molecular formula is C24H38ClF4N7O3S. The van der Waals surface area contributed by atoms with Crippen molar-refractivity contribution in [3.05, 3.63) is 0 Å². The van der Waals surface area contributed by atoms with E-state index >= 15 is 0 Å². The summed E-state index contributed by atoms with van der Waals surface area (Å²) in [6.07, 6.45) is -1.66. The number of alkyl halides is 5. The molecule has 5 rings (SSSR count). The van der Waals surface area contributed by atoms with Gasteiger partial charge in [0.2, 0.25) is 18.2 Å². The van der Waals surface area contributed by atoms with Crippen molar-refractivity contribution in [3.8, 4) is 0 Å². The Morgan fingerprint density at radius 1 is 1.05 bits per heavy atom. The summed E-state index contributed by atoms with van der Waals surface area (Å²) in [4.78, 5) is 28.3. The Hall–Kier alpha value is -0.940. The zero-order valence-electron chi connectivity index (χ0n) is 22.1. The largest absolute Gasteiger partial charge is 0.346 e. The molecule has 0 aromatic carbocycles. The fourth-order valence-electron chi connectivity index (χ4n) is 6.74. The van der Waals surface area contributed by atoms with Crippen LogP contribution in [0.1, 0.15) is 32.6 Å². The molecule has 40 heavy (non-hydrogen) atoms. The lowest BCUT2D eigenvalue weighted by Crippen LogP contribution is -2.61. The minimum absolute atomic E-state index is 0.00796. The van der Waals surface area contributed by atoms with E-state index in [1.54, 1.807) is 16.7 Å². The van der Waals surface area contributed by atoms with Crippen LogP contribution in [-0.4, -0.2) is 96.5 Å². The molecule has 0 aliphatic carbocycles. The Labute approximate surface area is 240 Å². The van der Waals surface area contributed by atoms with Gasteiger partial charge in [-0.05, 0) is 38.5 Å². The molecule has 2 amide bonds. The van der Waals surface area contributed by atoms with E-state index < -0.39 is 48.6 Å². The highest BCUT2D eigenvalue weighted by Crippen LogP contribution is 2.38. The number of halogens is 5. The lowest BCUT2D eigenvalue weighted by molar-refractivity contribution is -0.205. The van der Waals surface area contributed by atoms with E-state index in [-0.39, 0.29) is 47.1 Å². The maximum atomic E-state index is 13.5. The SMILES string of the molecule is CC1CC(C2CC(Cl)NNC2OC(F)F)C(C(=O)NC2NC3CN(C(=O)C4CCC(C(F)F)CN4)CC3S2)CN1. The van der Waals surface area contributed by atoms with E-state index in [1.165, 1.54) is 0 Å². The maximum absolute atomic E-state index is 13.5. The van der Waals surface area contributed by atoms with Crippen molar-refractivity contribution in [2.45, 2.75) is 86.2 Å². The highest BCUT2D eigenvalue weighted by Gasteiger charge is 2.48. The normalized spacial score (nSPS) is 42.3. The Bertz CT molecular complexity index is 895. The van der Waals surface area contributed by atoms with Gasteiger partial charge in [0.25, 0.3) is 0 Å². The van der Waals surface area contributed by atoms with Gasteiger partial charge in [-0.3, -0.25) is 14.9 Å². The molecule has 0 radical (unpaired) electrons. The van der Waals surface area contributed by atoms with Gasteiger partial charge in [-0.1, -0.05) is 0 Å². The number of hydrazine groups is 1. The fraction of sp³-hybridized carbons (Fsp3) is 0.917. The Morgan fingerprint density at radius 2 is 1.85 bits per heavy atom. The van der Waals surface area contributed by atoms with Crippen molar-refractivity contribution >= 4 is 35.2 Å². The molecule has 5 saturated heterocycles. The number of fused-ring (bicyclic) bond motifs is 1. The predicted octanol–water partition coefficient (Wildman–Crippen LogP) is 0.794. The molecule has 0 spiro atoms. The molecule has 0 bridgehead atoms. The third-order valence-electron chi connectivity index (χ3n) is 8.85. The van der Waals surface area contributed by atoms with Crippen LogP contribution in [0.15, 0.2) is 0 Å². The Kier molecular flexibility index (Phi) is 10.0. The topological polar surface area (TPSA) is 119 Å². The standard InChI is InChI=1S/C24H38ClF4N7O3S/c1-10-4-12(13-5-18(25)34-35-21(13)39-23(28)29)14(7-30-10)20(37)33-24-32-16-8-36(9-17(16)40-24)22(38)15-3-2-11(6-31-15)19(26)27/h10-19,21,23-24,30-32,34-35H,2-9H2,1H3,(H,33,37). The number of amides is 2. The number of likely N-dealkylation sites (tertiary alicyclic amines) is 1. The molecule has 5 heterocycles. The molecule has 0 aromatic heterocycles. The number of carbonyl (C=O) groups excluding carboxylic acids is 2. The minimum atomic E-state index is -2.96. The summed E-state index contributed by atoms with van der Waals surface area (Å²) in [7, 11) is 0.